The standard InChI is InChI=1S/C11H23N3O/c1-3-9(7-11(12)13)14-5-6-15-8-10(14)4-2/h9-10H,3-8H2,1-2H3,(H3,12,13). The van der Waals surface area contributed by atoms with Gasteiger partial charge in [0.2, 0.25) is 0 Å². The van der Waals surface area contributed by atoms with Crippen molar-refractivity contribution < 1.29 is 4.74 Å². The molecule has 0 aliphatic carbocycles. The number of nitrogens with two attached hydrogens (primary N) is 1. The number of morpholine rings is 1. The molecule has 0 bridgehead atoms. The van der Waals surface area contributed by atoms with Crippen molar-refractivity contribution in [3.8, 4) is 0 Å². The first-order chi connectivity index (χ1) is 7.19. The van der Waals surface area contributed by atoms with Crippen LogP contribution in [0.25, 0.3) is 0 Å². The lowest BCUT2D eigenvalue weighted by Crippen LogP contribution is -2.51. The Morgan fingerprint density at radius 1 is 1.60 bits per heavy atom. The molecule has 4 heteroatoms. The number of hydrogen-bond donors (Lipinski definition) is 2. The first-order valence-electron chi connectivity index (χ1n) is 5.85. The summed E-state index contributed by atoms with van der Waals surface area (Å²) in [6.07, 6.45) is 2.84. The zero-order chi connectivity index (χ0) is 11.3. The van der Waals surface area contributed by atoms with Gasteiger partial charge < -0.3 is 10.5 Å². The third-order valence-electron chi connectivity index (χ3n) is 3.14. The quantitative estimate of drug-likeness (QED) is 0.533. The lowest BCUT2D eigenvalue weighted by atomic mass is 10.0. The summed E-state index contributed by atoms with van der Waals surface area (Å²) in [5.74, 6) is 0.295. The molecule has 0 spiro atoms. The third-order valence-corrected chi connectivity index (χ3v) is 3.14. The van der Waals surface area contributed by atoms with Crippen LogP contribution in [0.4, 0.5) is 0 Å². The van der Waals surface area contributed by atoms with Crippen molar-refractivity contribution in [1.82, 2.24) is 4.90 Å². The van der Waals surface area contributed by atoms with Crippen molar-refractivity contribution in [2.75, 3.05) is 19.8 Å². The second-order valence-electron chi connectivity index (χ2n) is 4.17. The average molecular weight is 213 g/mol. The van der Waals surface area contributed by atoms with E-state index < -0.39 is 0 Å². The number of nitrogens with zero attached hydrogens (tertiary/aromatic N) is 1. The minimum atomic E-state index is 0.295. The molecule has 0 radical (unpaired) electrons. The van der Waals surface area contributed by atoms with Crippen molar-refractivity contribution in [2.45, 2.75) is 45.2 Å². The number of nitrogens with one attached hydrogen (secondary N) is 1. The van der Waals surface area contributed by atoms with Gasteiger partial charge in [0.25, 0.3) is 0 Å². The molecule has 15 heavy (non-hydrogen) atoms. The van der Waals surface area contributed by atoms with Gasteiger partial charge in [-0.3, -0.25) is 10.3 Å². The highest BCUT2D eigenvalue weighted by Gasteiger charge is 2.27. The van der Waals surface area contributed by atoms with Crippen LogP contribution in [0.15, 0.2) is 0 Å². The molecule has 0 aromatic rings. The molecule has 2 unspecified atom stereocenters. The van der Waals surface area contributed by atoms with Crippen LogP contribution < -0.4 is 5.73 Å². The minimum Gasteiger partial charge on any atom is -0.388 e. The Morgan fingerprint density at radius 2 is 2.33 bits per heavy atom. The van der Waals surface area contributed by atoms with E-state index in [9.17, 15) is 0 Å². The summed E-state index contributed by atoms with van der Waals surface area (Å²) < 4.78 is 5.48. The van der Waals surface area contributed by atoms with Crippen LogP contribution in [-0.4, -0.2) is 42.6 Å². The highest BCUT2D eigenvalue weighted by atomic mass is 16.5. The van der Waals surface area contributed by atoms with E-state index in [0.29, 0.717) is 24.3 Å². The van der Waals surface area contributed by atoms with Crippen LogP contribution in [-0.2, 0) is 4.74 Å². The van der Waals surface area contributed by atoms with Gasteiger partial charge in [0.1, 0.15) is 0 Å². The van der Waals surface area contributed by atoms with Gasteiger partial charge in [-0.1, -0.05) is 13.8 Å². The molecular formula is C11H23N3O. The third kappa shape index (κ3) is 3.47. The van der Waals surface area contributed by atoms with E-state index in [-0.39, 0.29) is 0 Å². The lowest BCUT2D eigenvalue weighted by Gasteiger charge is -2.40. The Kier molecular flexibility index (Phi) is 5.05. The molecule has 1 aliphatic rings. The Balaban J connectivity index is 2.58. The summed E-state index contributed by atoms with van der Waals surface area (Å²) in [6.45, 7) is 6.96. The van der Waals surface area contributed by atoms with Gasteiger partial charge >= 0.3 is 0 Å². The van der Waals surface area contributed by atoms with Crippen LogP contribution in [0.3, 0.4) is 0 Å². The highest BCUT2D eigenvalue weighted by molar-refractivity contribution is 5.77. The van der Waals surface area contributed by atoms with Crippen LogP contribution in [0.2, 0.25) is 0 Å². The second-order valence-corrected chi connectivity index (χ2v) is 4.17. The van der Waals surface area contributed by atoms with Crippen LogP contribution in [0.1, 0.15) is 33.1 Å². The fourth-order valence-corrected chi connectivity index (χ4v) is 2.25. The molecule has 1 aliphatic heterocycles. The molecule has 4 nitrogen and oxygen atoms in total. The fourth-order valence-electron chi connectivity index (χ4n) is 2.25. The van der Waals surface area contributed by atoms with Gasteiger partial charge in [0.05, 0.1) is 19.0 Å². The van der Waals surface area contributed by atoms with Crippen molar-refractivity contribution in [1.29, 1.82) is 5.41 Å². The first kappa shape index (κ1) is 12.5. The summed E-state index contributed by atoms with van der Waals surface area (Å²) >= 11 is 0. The average Bonchev–Trinajstić information content (AvgIpc) is 2.25. The van der Waals surface area contributed by atoms with Crippen LogP contribution >= 0.6 is 0 Å². The molecule has 3 N–H and O–H groups in total. The highest BCUT2D eigenvalue weighted by Crippen LogP contribution is 2.18. The molecule has 1 rings (SSSR count). The lowest BCUT2D eigenvalue weighted by molar-refractivity contribution is -0.0294. The SMILES string of the molecule is CCC1COCCN1C(CC)CC(=N)N. The van der Waals surface area contributed by atoms with Crippen molar-refractivity contribution >= 4 is 5.84 Å². The largest absolute Gasteiger partial charge is 0.388 e. The van der Waals surface area contributed by atoms with Gasteiger partial charge in [0.15, 0.2) is 0 Å². The summed E-state index contributed by atoms with van der Waals surface area (Å²) in [5, 5.41) is 7.39. The van der Waals surface area contributed by atoms with Crippen LogP contribution in [0, 0.1) is 5.41 Å². The summed E-state index contributed by atoms with van der Waals surface area (Å²) in [6, 6.07) is 0.916. The Morgan fingerprint density at radius 3 is 2.87 bits per heavy atom. The summed E-state index contributed by atoms with van der Waals surface area (Å²) in [5.41, 5.74) is 5.49. The zero-order valence-electron chi connectivity index (χ0n) is 9.83. The molecule has 0 aromatic carbocycles. The van der Waals surface area contributed by atoms with Crippen molar-refractivity contribution in [3.05, 3.63) is 0 Å². The van der Waals surface area contributed by atoms with Gasteiger partial charge in [0, 0.05) is 25.0 Å². The predicted molar refractivity (Wildman–Crippen MR) is 62.2 cm³/mol. The summed E-state index contributed by atoms with van der Waals surface area (Å²) in [4.78, 5) is 2.46. The number of rotatable bonds is 5. The van der Waals surface area contributed by atoms with Gasteiger partial charge in [-0.2, -0.15) is 0 Å². The van der Waals surface area contributed by atoms with E-state index in [0.717, 1.165) is 32.6 Å². The molecular weight excluding hydrogens is 190 g/mol. The number of amidine groups is 1. The van der Waals surface area contributed by atoms with Gasteiger partial charge in [-0.15, -0.1) is 0 Å². The number of hydrogen-bond acceptors (Lipinski definition) is 3. The maximum atomic E-state index is 7.39. The van der Waals surface area contributed by atoms with E-state index in [2.05, 4.69) is 18.7 Å². The monoisotopic (exact) mass is 213 g/mol. The predicted octanol–water partition coefficient (Wildman–Crippen LogP) is 1.20. The van der Waals surface area contributed by atoms with E-state index in [1.807, 2.05) is 0 Å². The number of ether oxygens (including phenoxy) is 1. The van der Waals surface area contributed by atoms with Crippen molar-refractivity contribution in [2.24, 2.45) is 5.73 Å². The summed E-state index contributed by atoms with van der Waals surface area (Å²) in [7, 11) is 0. The van der Waals surface area contributed by atoms with Crippen LogP contribution in [0.5, 0.6) is 0 Å². The van der Waals surface area contributed by atoms with E-state index >= 15 is 0 Å². The first-order valence-corrected chi connectivity index (χ1v) is 5.85. The molecule has 88 valence electrons. The molecule has 0 aromatic heterocycles. The zero-order valence-corrected chi connectivity index (χ0v) is 9.83. The van der Waals surface area contributed by atoms with E-state index in [1.165, 1.54) is 0 Å². The molecule has 2 atom stereocenters. The molecule has 0 amide bonds. The maximum absolute atomic E-state index is 7.39. The van der Waals surface area contributed by atoms with E-state index in [1.54, 1.807) is 0 Å². The molecule has 1 saturated heterocycles. The molecule has 1 heterocycles. The van der Waals surface area contributed by atoms with Gasteiger partial charge in [-0.25, -0.2) is 0 Å². The normalized spacial score (nSPS) is 25.1. The molecule has 1 fully saturated rings. The second kappa shape index (κ2) is 6.08. The van der Waals surface area contributed by atoms with Crippen molar-refractivity contribution in [3.63, 3.8) is 0 Å². The molecule has 0 saturated carbocycles. The Bertz CT molecular complexity index is 208. The van der Waals surface area contributed by atoms with E-state index in [4.69, 9.17) is 15.9 Å². The minimum absolute atomic E-state index is 0.295. The Hall–Kier alpha value is -0.610. The maximum Gasteiger partial charge on any atom is 0.0921 e. The smallest absolute Gasteiger partial charge is 0.0921 e. The topological polar surface area (TPSA) is 62.3 Å². The van der Waals surface area contributed by atoms with Gasteiger partial charge in [-0.05, 0) is 12.8 Å². The fraction of sp³-hybridized carbons (Fsp3) is 0.909. The Labute approximate surface area is 92.3 Å².